The number of likely N-dealkylation sites (tertiary alicyclic amines) is 1. The summed E-state index contributed by atoms with van der Waals surface area (Å²) < 4.78 is 0. The zero-order chi connectivity index (χ0) is 11.4. The molecular formula is C13H21N3. The van der Waals surface area contributed by atoms with Crippen molar-refractivity contribution in [1.82, 2.24) is 9.88 Å². The summed E-state index contributed by atoms with van der Waals surface area (Å²) in [6, 6.07) is 6.52. The largest absolute Gasteiger partial charge is 0.367 e. The van der Waals surface area contributed by atoms with Gasteiger partial charge in [-0.15, -0.1) is 0 Å². The van der Waals surface area contributed by atoms with E-state index in [0.717, 1.165) is 11.7 Å². The summed E-state index contributed by atoms with van der Waals surface area (Å²) in [5.74, 6) is 1.77. The molecule has 1 unspecified atom stereocenters. The first kappa shape index (κ1) is 11.4. The summed E-state index contributed by atoms with van der Waals surface area (Å²) >= 11 is 0. The van der Waals surface area contributed by atoms with Gasteiger partial charge in [0, 0.05) is 12.2 Å². The zero-order valence-electron chi connectivity index (χ0n) is 10.2. The first-order chi connectivity index (χ1) is 7.75. The molecular weight excluding hydrogens is 198 g/mol. The maximum atomic E-state index is 4.31. The van der Waals surface area contributed by atoms with Crippen molar-refractivity contribution in [3.8, 4) is 0 Å². The molecule has 1 aromatic rings. The number of nitrogens with zero attached hydrogens (tertiary/aromatic N) is 2. The monoisotopic (exact) mass is 219 g/mol. The third-order valence-corrected chi connectivity index (χ3v) is 3.51. The van der Waals surface area contributed by atoms with Crippen LogP contribution in [0.1, 0.15) is 19.8 Å². The topological polar surface area (TPSA) is 28.2 Å². The Morgan fingerprint density at radius 2 is 2.12 bits per heavy atom. The average molecular weight is 219 g/mol. The van der Waals surface area contributed by atoms with Crippen LogP contribution < -0.4 is 5.32 Å². The van der Waals surface area contributed by atoms with Gasteiger partial charge in [-0.2, -0.15) is 0 Å². The molecule has 1 fully saturated rings. The average Bonchev–Trinajstić information content (AvgIpc) is 2.31. The molecule has 1 N–H and O–H groups in total. The molecule has 2 rings (SSSR count). The zero-order valence-corrected chi connectivity index (χ0v) is 10.2. The Bertz CT molecular complexity index is 304. The highest BCUT2D eigenvalue weighted by Gasteiger charge is 2.22. The van der Waals surface area contributed by atoms with E-state index in [4.69, 9.17) is 0 Å². The van der Waals surface area contributed by atoms with E-state index in [0.29, 0.717) is 6.04 Å². The van der Waals surface area contributed by atoms with Crippen molar-refractivity contribution in [3.63, 3.8) is 0 Å². The number of hydrogen-bond acceptors (Lipinski definition) is 3. The molecule has 0 saturated carbocycles. The second kappa shape index (κ2) is 5.30. The van der Waals surface area contributed by atoms with Gasteiger partial charge >= 0.3 is 0 Å². The normalized spacial score (nSPS) is 20.6. The van der Waals surface area contributed by atoms with Crippen LogP contribution in [-0.4, -0.2) is 36.1 Å². The van der Waals surface area contributed by atoms with Crippen molar-refractivity contribution in [2.24, 2.45) is 5.92 Å². The minimum absolute atomic E-state index is 0.517. The van der Waals surface area contributed by atoms with Crippen molar-refractivity contribution in [3.05, 3.63) is 24.4 Å². The fourth-order valence-electron chi connectivity index (χ4n) is 2.33. The van der Waals surface area contributed by atoms with Crippen LogP contribution in [0.5, 0.6) is 0 Å². The predicted octanol–water partition coefficient (Wildman–Crippen LogP) is 2.22. The van der Waals surface area contributed by atoms with Gasteiger partial charge in [-0.25, -0.2) is 4.98 Å². The van der Waals surface area contributed by atoms with E-state index in [1.54, 1.807) is 0 Å². The van der Waals surface area contributed by atoms with Crippen molar-refractivity contribution in [2.45, 2.75) is 25.8 Å². The molecule has 1 aliphatic heterocycles. The van der Waals surface area contributed by atoms with Crippen LogP contribution in [0.15, 0.2) is 24.4 Å². The lowest BCUT2D eigenvalue weighted by Crippen LogP contribution is -2.37. The van der Waals surface area contributed by atoms with Gasteiger partial charge in [0.2, 0.25) is 0 Å². The summed E-state index contributed by atoms with van der Waals surface area (Å²) in [4.78, 5) is 6.71. The molecule has 0 aromatic carbocycles. The third kappa shape index (κ3) is 2.95. The molecule has 1 saturated heterocycles. The second-order valence-corrected chi connectivity index (χ2v) is 4.79. The summed E-state index contributed by atoms with van der Waals surface area (Å²) in [6.45, 7) is 4.71. The van der Waals surface area contributed by atoms with E-state index < -0.39 is 0 Å². The fraction of sp³-hybridized carbons (Fsp3) is 0.615. The number of pyridine rings is 1. The Morgan fingerprint density at radius 1 is 1.38 bits per heavy atom. The van der Waals surface area contributed by atoms with E-state index >= 15 is 0 Å². The number of rotatable bonds is 3. The predicted molar refractivity (Wildman–Crippen MR) is 67.5 cm³/mol. The van der Waals surface area contributed by atoms with Gasteiger partial charge in [-0.1, -0.05) is 6.07 Å². The second-order valence-electron chi connectivity index (χ2n) is 4.79. The first-order valence-corrected chi connectivity index (χ1v) is 6.12. The lowest BCUT2D eigenvalue weighted by atomic mass is 9.90. The quantitative estimate of drug-likeness (QED) is 0.845. The molecule has 0 spiro atoms. The van der Waals surface area contributed by atoms with Crippen molar-refractivity contribution in [1.29, 1.82) is 0 Å². The van der Waals surface area contributed by atoms with Crippen LogP contribution in [0.25, 0.3) is 0 Å². The Balaban J connectivity index is 1.86. The highest BCUT2D eigenvalue weighted by Crippen LogP contribution is 2.21. The van der Waals surface area contributed by atoms with Gasteiger partial charge < -0.3 is 10.2 Å². The van der Waals surface area contributed by atoms with Crippen molar-refractivity contribution in [2.75, 3.05) is 25.5 Å². The Labute approximate surface area is 97.9 Å². The maximum absolute atomic E-state index is 4.31. The van der Waals surface area contributed by atoms with E-state index in [2.05, 4.69) is 29.2 Å². The van der Waals surface area contributed by atoms with E-state index in [9.17, 15) is 0 Å². The fourth-order valence-corrected chi connectivity index (χ4v) is 2.33. The number of nitrogens with one attached hydrogen (secondary N) is 1. The molecule has 0 radical (unpaired) electrons. The lowest BCUT2D eigenvalue weighted by molar-refractivity contribution is 0.208. The SMILES string of the molecule is CC(Nc1ccccn1)C1CCN(C)CC1. The number of hydrogen-bond donors (Lipinski definition) is 1. The molecule has 88 valence electrons. The van der Waals surface area contributed by atoms with Crippen LogP contribution in [0.4, 0.5) is 5.82 Å². The third-order valence-electron chi connectivity index (χ3n) is 3.51. The number of anilines is 1. The van der Waals surface area contributed by atoms with Gasteiger partial charge in [0.05, 0.1) is 0 Å². The smallest absolute Gasteiger partial charge is 0.126 e. The highest BCUT2D eigenvalue weighted by molar-refractivity contribution is 5.34. The van der Waals surface area contributed by atoms with E-state index in [-0.39, 0.29) is 0 Å². The van der Waals surface area contributed by atoms with Crippen LogP contribution in [0, 0.1) is 5.92 Å². The van der Waals surface area contributed by atoms with Gasteiger partial charge in [0.25, 0.3) is 0 Å². The highest BCUT2D eigenvalue weighted by atomic mass is 15.1. The van der Waals surface area contributed by atoms with E-state index in [1.807, 2.05) is 24.4 Å². The molecule has 3 nitrogen and oxygen atoms in total. The summed E-state index contributed by atoms with van der Waals surface area (Å²) in [5, 5.41) is 3.50. The van der Waals surface area contributed by atoms with Gasteiger partial charge in [0.15, 0.2) is 0 Å². The summed E-state index contributed by atoms with van der Waals surface area (Å²) in [5.41, 5.74) is 0. The Morgan fingerprint density at radius 3 is 2.75 bits per heavy atom. The Hall–Kier alpha value is -1.09. The molecule has 0 bridgehead atoms. The molecule has 3 heteroatoms. The molecule has 1 atom stereocenters. The lowest BCUT2D eigenvalue weighted by Gasteiger charge is -2.33. The molecule has 0 amide bonds. The van der Waals surface area contributed by atoms with Gasteiger partial charge in [-0.3, -0.25) is 0 Å². The molecule has 1 aromatic heterocycles. The van der Waals surface area contributed by atoms with Gasteiger partial charge in [-0.05, 0) is 58.0 Å². The molecule has 16 heavy (non-hydrogen) atoms. The maximum Gasteiger partial charge on any atom is 0.126 e. The van der Waals surface area contributed by atoms with Crippen LogP contribution in [-0.2, 0) is 0 Å². The minimum Gasteiger partial charge on any atom is -0.367 e. The Kier molecular flexibility index (Phi) is 3.78. The molecule has 2 heterocycles. The first-order valence-electron chi connectivity index (χ1n) is 6.12. The van der Waals surface area contributed by atoms with Gasteiger partial charge in [0.1, 0.15) is 5.82 Å². The van der Waals surface area contributed by atoms with Crippen molar-refractivity contribution < 1.29 is 0 Å². The summed E-state index contributed by atoms with van der Waals surface area (Å²) in [6.07, 6.45) is 4.42. The standard InChI is InChI=1S/C13H21N3/c1-11(12-6-9-16(2)10-7-12)15-13-5-3-4-8-14-13/h3-5,8,11-12H,6-7,9-10H2,1-2H3,(H,14,15). The van der Waals surface area contributed by atoms with Crippen LogP contribution in [0.3, 0.4) is 0 Å². The molecule has 0 aliphatic carbocycles. The van der Waals surface area contributed by atoms with E-state index in [1.165, 1.54) is 25.9 Å². The molecule has 1 aliphatic rings. The minimum atomic E-state index is 0.517. The van der Waals surface area contributed by atoms with Crippen LogP contribution >= 0.6 is 0 Å². The summed E-state index contributed by atoms with van der Waals surface area (Å²) in [7, 11) is 2.20. The number of aromatic nitrogens is 1. The van der Waals surface area contributed by atoms with Crippen molar-refractivity contribution >= 4 is 5.82 Å². The van der Waals surface area contributed by atoms with Crippen LogP contribution in [0.2, 0.25) is 0 Å². The number of piperidine rings is 1.